The highest BCUT2D eigenvalue weighted by molar-refractivity contribution is 7.98. The van der Waals surface area contributed by atoms with Crippen LogP contribution in [0.3, 0.4) is 0 Å². The van der Waals surface area contributed by atoms with E-state index < -0.39 is 29.3 Å². The number of thioether (sulfide) groups is 1. The molecule has 2 heterocycles. The van der Waals surface area contributed by atoms with Crippen LogP contribution in [0.5, 0.6) is 0 Å². The Morgan fingerprint density at radius 2 is 1.97 bits per heavy atom. The van der Waals surface area contributed by atoms with Gasteiger partial charge in [-0.15, -0.1) is 11.8 Å². The number of aromatic nitrogens is 3. The van der Waals surface area contributed by atoms with Crippen molar-refractivity contribution in [1.82, 2.24) is 14.8 Å². The van der Waals surface area contributed by atoms with Crippen LogP contribution in [0.1, 0.15) is 41.7 Å². The van der Waals surface area contributed by atoms with Gasteiger partial charge in [0.25, 0.3) is 5.91 Å². The van der Waals surface area contributed by atoms with E-state index in [2.05, 4.69) is 15.4 Å². The third-order valence-corrected chi connectivity index (χ3v) is 5.53. The number of nitrogens with zero attached hydrogens (tertiary/aromatic N) is 3. The Labute approximate surface area is 168 Å². The molecule has 1 amide bonds. The molecule has 3 rings (SSSR count). The van der Waals surface area contributed by atoms with Gasteiger partial charge >= 0.3 is 6.18 Å². The lowest BCUT2D eigenvalue weighted by Crippen LogP contribution is -2.29. The molecule has 0 atom stereocenters. The van der Waals surface area contributed by atoms with Gasteiger partial charge in [-0.2, -0.15) is 18.3 Å². The molecule has 0 bridgehead atoms. The Morgan fingerprint density at radius 1 is 1.28 bits per heavy atom. The monoisotopic (exact) mass is 434 g/mol. The van der Waals surface area contributed by atoms with Crippen molar-refractivity contribution < 1.29 is 26.7 Å². The van der Waals surface area contributed by atoms with Crippen molar-refractivity contribution in [1.29, 1.82) is 0 Å². The number of halogens is 5. The standard InChI is InChI=1S/C18H19F5N4OS/c1-29-13-6-12(7-24-8-13)26-16(28)15-14(18(21,22)23)9-25-27(15)10-11-2-4-17(19,20)5-3-11/h6-9,11H,2-5,10H2,1H3,(H,26,28). The second kappa shape index (κ2) is 8.29. The van der Waals surface area contributed by atoms with Crippen molar-refractivity contribution in [2.24, 2.45) is 5.92 Å². The summed E-state index contributed by atoms with van der Waals surface area (Å²) >= 11 is 1.37. The topological polar surface area (TPSA) is 59.8 Å². The van der Waals surface area contributed by atoms with E-state index in [1.165, 1.54) is 18.0 Å². The maximum absolute atomic E-state index is 13.4. The fraction of sp³-hybridized carbons (Fsp3) is 0.500. The van der Waals surface area contributed by atoms with Crippen molar-refractivity contribution in [3.05, 3.63) is 35.9 Å². The van der Waals surface area contributed by atoms with Crippen molar-refractivity contribution in [3.63, 3.8) is 0 Å². The van der Waals surface area contributed by atoms with Crippen LogP contribution in [0.2, 0.25) is 0 Å². The predicted molar refractivity (Wildman–Crippen MR) is 98.1 cm³/mol. The lowest BCUT2D eigenvalue weighted by atomic mass is 9.87. The quantitative estimate of drug-likeness (QED) is 0.526. The van der Waals surface area contributed by atoms with Gasteiger partial charge in [0.1, 0.15) is 11.3 Å². The summed E-state index contributed by atoms with van der Waals surface area (Å²) in [6.07, 6.45) is 0.197. The lowest BCUT2D eigenvalue weighted by Gasteiger charge is -2.28. The molecule has 11 heteroatoms. The minimum Gasteiger partial charge on any atom is -0.319 e. The maximum atomic E-state index is 13.4. The smallest absolute Gasteiger partial charge is 0.319 e. The van der Waals surface area contributed by atoms with Gasteiger partial charge in [0.05, 0.1) is 18.1 Å². The van der Waals surface area contributed by atoms with Crippen LogP contribution in [0.4, 0.5) is 27.6 Å². The second-order valence-corrected chi connectivity index (χ2v) is 7.83. The summed E-state index contributed by atoms with van der Waals surface area (Å²) in [5.41, 5.74) is -1.55. The Hall–Kier alpha value is -2.17. The predicted octanol–water partition coefficient (Wildman–Crippen LogP) is 5.10. The molecule has 1 aliphatic rings. The average Bonchev–Trinajstić information content (AvgIpc) is 3.08. The van der Waals surface area contributed by atoms with Gasteiger partial charge < -0.3 is 5.32 Å². The van der Waals surface area contributed by atoms with Crippen LogP contribution in [0.15, 0.2) is 29.6 Å². The van der Waals surface area contributed by atoms with Gasteiger partial charge in [0, 0.05) is 30.5 Å². The number of carbonyl (C=O) groups excluding carboxylic acids is 1. The molecule has 1 aliphatic carbocycles. The zero-order chi connectivity index (χ0) is 21.2. The average molecular weight is 434 g/mol. The molecule has 0 aromatic carbocycles. The molecule has 0 aliphatic heterocycles. The molecule has 158 valence electrons. The largest absolute Gasteiger partial charge is 0.420 e. The summed E-state index contributed by atoms with van der Waals surface area (Å²) in [6, 6.07) is 1.59. The normalized spacial score (nSPS) is 17.3. The van der Waals surface area contributed by atoms with Crippen molar-refractivity contribution in [2.75, 3.05) is 11.6 Å². The van der Waals surface area contributed by atoms with E-state index in [4.69, 9.17) is 0 Å². The number of nitrogens with one attached hydrogen (secondary N) is 1. The number of anilines is 1. The van der Waals surface area contributed by atoms with Crippen molar-refractivity contribution in [2.45, 2.75) is 49.2 Å². The van der Waals surface area contributed by atoms with Crippen LogP contribution >= 0.6 is 11.8 Å². The molecule has 2 aromatic rings. The zero-order valence-corrected chi connectivity index (χ0v) is 16.3. The Morgan fingerprint density at radius 3 is 2.59 bits per heavy atom. The fourth-order valence-electron chi connectivity index (χ4n) is 3.29. The van der Waals surface area contributed by atoms with Crippen molar-refractivity contribution >= 4 is 23.4 Å². The molecule has 0 radical (unpaired) electrons. The summed E-state index contributed by atoms with van der Waals surface area (Å²) in [6.45, 7) is -0.0297. The summed E-state index contributed by atoms with van der Waals surface area (Å²) in [4.78, 5) is 17.4. The van der Waals surface area contributed by atoms with E-state index >= 15 is 0 Å². The fourth-order valence-corrected chi connectivity index (χ4v) is 3.70. The first-order chi connectivity index (χ1) is 13.6. The molecular formula is C18H19F5N4OS. The third kappa shape index (κ3) is 5.26. The molecule has 1 N–H and O–H groups in total. The summed E-state index contributed by atoms with van der Waals surface area (Å²) in [5.74, 6) is -3.99. The van der Waals surface area contributed by atoms with Gasteiger partial charge in [-0.3, -0.25) is 14.5 Å². The highest BCUT2D eigenvalue weighted by Crippen LogP contribution is 2.38. The summed E-state index contributed by atoms with van der Waals surface area (Å²) in [5, 5.41) is 6.16. The van der Waals surface area contributed by atoms with E-state index in [1.807, 2.05) is 0 Å². The zero-order valence-electron chi connectivity index (χ0n) is 15.5. The van der Waals surface area contributed by atoms with Gasteiger partial charge in [0.15, 0.2) is 0 Å². The van der Waals surface area contributed by atoms with E-state index in [9.17, 15) is 26.7 Å². The highest BCUT2D eigenvalue weighted by atomic mass is 32.2. The van der Waals surface area contributed by atoms with E-state index in [0.717, 1.165) is 9.58 Å². The van der Waals surface area contributed by atoms with Gasteiger partial charge in [0.2, 0.25) is 5.92 Å². The van der Waals surface area contributed by atoms with Crippen LogP contribution in [-0.2, 0) is 12.7 Å². The molecule has 29 heavy (non-hydrogen) atoms. The number of pyridine rings is 1. The van der Waals surface area contributed by atoms with Gasteiger partial charge in [-0.05, 0) is 31.1 Å². The number of rotatable bonds is 5. The SMILES string of the molecule is CSc1cncc(NC(=O)c2c(C(F)(F)F)cnn2CC2CCC(F)(F)CC2)c1. The maximum Gasteiger partial charge on any atom is 0.420 e. The molecule has 1 fully saturated rings. The number of amides is 1. The minimum atomic E-state index is -4.77. The lowest BCUT2D eigenvalue weighted by molar-refractivity contribution is -0.138. The molecular weight excluding hydrogens is 415 g/mol. The Bertz CT molecular complexity index is 873. The molecule has 2 aromatic heterocycles. The minimum absolute atomic E-state index is 0.0297. The van der Waals surface area contributed by atoms with E-state index in [1.54, 1.807) is 18.5 Å². The van der Waals surface area contributed by atoms with Crippen LogP contribution in [0, 0.1) is 5.92 Å². The van der Waals surface area contributed by atoms with Crippen molar-refractivity contribution in [3.8, 4) is 0 Å². The summed E-state index contributed by atoms with van der Waals surface area (Å²) < 4.78 is 67.9. The number of hydrogen-bond acceptors (Lipinski definition) is 4. The Balaban J connectivity index is 1.85. The highest BCUT2D eigenvalue weighted by Gasteiger charge is 2.40. The molecule has 0 saturated heterocycles. The third-order valence-electron chi connectivity index (χ3n) is 4.83. The first kappa shape index (κ1) is 21.5. The molecule has 0 unspecified atom stereocenters. The number of hydrogen-bond donors (Lipinski definition) is 1. The molecule has 0 spiro atoms. The van der Waals surface area contributed by atoms with E-state index in [-0.39, 0.29) is 43.8 Å². The second-order valence-electron chi connectivity index (χ2n) is 6.95. The van der Waals surface area contributed by atoms with Crippen LogP contribution in [-0.4, -0.2) is 32.8 Å². The molecule has 5 nitrogen and oxygen atoms in total. The van der Waals surface area contributed by atoms with Gasteiger partial charge in [-0.25, -0.2) is 8.78 Å². The van der Waals surface area contributed by atoms with Crippen LogP contribution in [0.25, 0.3) is 0 Å². The van der Waals surface area contributed by atoms with Crippen LogP contribution < -0.4 is 5.32 Å². The first-order valence-electron chi connectivity index (χ1n) is 8.90. The van der Waals surface area contributed by atoms with Gasteiger partial charge in [-0.1, -0.05) is 0 Å². The first-order valence-corrected chi connectivity index (χ1v) is 10.1. The van der Waals surface area contributed by atoms with E-state index in [0.29, 0.717) is 6.20 Å². The number of carbonyl (C=O) groups is 1. The Kier molecular flexibility index (Phi) is 6.16. The summed E-state index contributed by atoms with van der Waals surface area (Å²) in [7, 11) is 0. The number of alkyl halides is 5. The molecule has 1 saturated carbocycles.